The molecule has 0 aliphatic rings. The van der Waals surface area contributed by atoms with Crippen LogP contribution in [0.2, 0.25) is 0 Å². The molecule has 420 valence electrons. The average molecular weight is 1020 g/mol. The van der Waals surface area contributed by atoms with Crippen molar-refractivity contribution in [2.75, 3.05) is 13.2 Å². The van der Waals surface area contributed by atoms with Crippen LogP contribution in [0.4, 0.5) is 0 Å². The molecule has 0 saturated carbocycles. The van der Waals surface area contributed by atoms with Gasteiger partial charge in [-0.2, -0.15) is 0 Å². The number of carbonyl (C=O) groups is 3. The van der Waals surface area contributed by atoms with E-state index in [1.807, 2.05) is 0 Å². The van der Waals surface area contributed by atoms with Gasteiger partial charge in [-0.25, -0.2) is 0 Å². The van der Waals surface area contributed by atoms with E-state index in [0.717, 1.165) is 109 Å². The van der Waals surface area contributed by atoms with Gasteiger partial charge in [0.25, 0.3) is 0 Å². The van der Waals surface area contributed by atoms with Gasteiger partial charge in [-0.05, 0) is 116 Å². The molecule has 0 bridgehead atoms. The van der Waals surface area contributed by atoms with E-state index in [4.69, 9.17) is 14.2 Å². The van der Waals surface area contributed by atoms with Crippen LogP contribution in [0.15, 0.2) is 85.1 Å². The summed E-state index contributed by atoms with van der Waals surface area (Å²) in [7, 11) is 0. The fraction of sp³-hybridized carbons (Fsp3) is 0.746. The number of esters is 3. The number of hydrogen-bond acceptors (Lipinski definition) is 6. The highest BCUT2D eigenvalue weighted by molar-refractivity contribution is 5.71. The molecule has 0 N–H and O–H groups in total. The third kappa shape index (κ3) is 59.3. The Bertz CT molecular complexity index is 1400. The van der Waals surface area contributed by atoms with Gasteiger partial charge in [0.2, 0.25) is 0 Å². The smallest absolute Gasteiger partial charge is 0.306 e. The normalized spacial score (nSPS) is 12.6. The molecule has 1 unspecified atom stereocenters. The Morgan fingerprint density at radius 1 is 0.288 bits per heavy atom. The molecule has 0 aromatic rings. The predicted molar refractivity (Wildman–Crippen MR) is 316 cm³/mol. The Labute approximate surface area is 452 Å². The van der Waals surface area contributed by atoms with Gasteiger partial charge in [0.15, 0.2) is 6.10 Å². The molecule has 6 heteroatoms. The van der Waals surface area contributed by atoms with E-state index in [1.165, 1.54) is 154 Å². The van der Waals surface area contributed by atoms with Crippen LogP contribution < -0.4 is 0 Å². The van der Waals surface area contributed by atoms with Crippen molar-refractivity contribution in [3.63, 3.8) is 0 Å². The largest absolute Gasteiger partial charge is 0.462 e. The molecule has 0 aromatic heterocycles. The van der Waals surface area contributed by atoms with Gasteiger partial charge in [0.1, 0.15) is 13.2 Å². The van der Waals surface area contributed by atoms with Crippen LogP contribution >= 0.6 is 0 Å². The van der Waals surface area contributed by atoms with Gasteiger partial charge in [-0.3, -0.25) is 14.4 Å². The van der Waals surface area contributed by atoms with Gasteiger partial charge in [0.05, 0.1) is 0 Å². The second-order valence-electron chi connectivity index (χ2n) is 20.6. The summed E-state index contributed by atoms with van der Waals surface area (Å²) in [6.07, 6.45) is 80.1. The molecule has 73 heavy (non-hydrogen) atoms. The minimum Gasteiger partial charge on any atom is -0.462 e. The summed E-state index contributed by atoms with van der Waals surface area (Å²) in [5.74, 6) is -0.913. The molecular weight excluding hydrogens is 901 g/mol. The highest BCUT2D eigenvalue weighted by atomic mass is 16.6. The molecule has 0 radical (unpaired) electrons. The van der Waals surface area contributed by atoms with Gasteiger partial charge in [-0.1, -0.05) is 254 Å². The SMILES string of the molecule is CC/C=C\C/C=C\C/C=C\C/C=C\CCCCCCC(=O)OC(COC(=O)CCCCCCC/C=C\CCCCCC)COC(=O)CCCCCCCCCCCCCCC/C=C\C/C=C\CCCCCCC. The van der Waals surface area contributed by atoms with Crippen LogP contribution in [0.5, 0.6) is 0 Å². The minimum absolute atomic E-state index is 0.0886. The number of carbonyl (C=O) groups excluding carboxylic acids is 3. The van der Waals surface area contributed by atoms with Gasteiger partial charge in [0, 0.05) is 19.3 Å². The van der Waals surface area contributed by atoms with Crippen molar-refractivity contribution in [3.05, 3.63) is 85.1 Å². The molecule has 0 aromatic carbocycles. The molecule has 0 fully saturated rings. The maximum atomic E-state index is 12.9. The number of hydrogen-bond donors (Lipinski definition) is 0. The van der Waals surface area contributed by atoms with Crippen molar-refractivity contribution in [1.82, 2.24) is 0 Å². The lowest BCUT2D eigenvalue weighted by Crippen LogP contribution is -2.30. The van der Waals surface area contributed by atoms with E-state index in [0.29, 0.717) is 19.3 Å². The lowest BCUT2D eigenvalue weighted by atomic mass is 10.0. The number of ether oxygens (including phenoxy) is 3. The summed E-state index contributed by atoms with van der Waals surface area (Å²) < 4.78 is 16.9. The fourth-order valence-electron chi connectivity index (χ4n) is 8.69. The van der Waals surface area contributed by atoms with Crippen molar-refractivity contribution >= 4 is 17.9 Å². The highest BCUT2D eigenvalue weighted by Gasteiger charge is 2.19. The summed E-state index contributed by atoms with van der Waals surface area (Å²) in [4.78, 5) is 38.2. The second kappa shape index (κ2) is 61.1. The average Bonchev–Trinajstić information content (AvgIpc) is 3.39. The van der Waals surface area contributed by atoms with Gasteiger partial charge in [-0.15, -0.1) is 0 Å². The molecule has 0 spiro atoms. The molecule has 6 nitrogen and oxygen atoms in total. The first-order chi connectivity index (χ1) is 36.0. The van der Waals surface area contributed by atoms with Gasteiger partial charge < -0.3 is 14.2 Å². The Balaban J connectivity index is 4.32. The van der Waals surface area contributed by atoms with E-state index in [9.17, 15) is 14.4 Å². The quantitative estimate of drug-likeness (QED) is 0.0261. The first-order valence-electron chi connectivity index (χ1n) is 31.1. The molecule has 0 rings (SSSR count). The summed E-state index contributed by atoms with van der Waals surface area (Å²) in [5.41, 5.74) is 0. The van der Waals surface area contributed by atoms with Crippen molar-refractivity contribution in [2.45, 2.75) is 309 Å². The zero-order valence-electron chi connectivity index (χ0n) is 48.1. The van der Waals surface area contributed by atoms with Crippen molar-refractivity contribution < 1.29 is 28.6 Å². The molecule has 0 amide bonds. The highest BCUT2D eigenvalue weighted by Crippen LogP contribution is 2.16. The lowest BCUT2D eigenvalue weighted by Gasteiger charge is -2.18. The topological polar surface area (TPSA) is 78.9 Å². The molecule has 0 heterocycles. The van der Waals surface area contributed by atoms with Crippen LogP contribution in [0.25, 0.3) is 0 Å². The van der Waals surface area contributed by atoms with E-state index in [-0.39, 0.29) is 31.1 Å². The second-order valence-corrected chi connectivity index (χ2v) is 20.6. The molecule has 1 atom stereocenters. The van der Waals surface area contributed by atoms with Crippen LogP contribution in [-0.2, 0) is 28.6 Å². The molecule has 0 aliphatic carbocycles. The van der Waals surface area contributed by atoms with E-state index in [2.05, 4.69) is 106 Å². The van der Waals surface area contributed by atoms with Crippen LogP contribution in [0, 0.1) is 0 Å². The Morgan fingerprint density at radius 3 is 0.863 bits per heavy atom. The number of rotatable bonds is 56. The maximum absolute atomic E-state index is 12.9. The van der Waals surface area contributed by atoms with E-state index in [1.54, 1.807) is 0 Å². The van der Waals surface area contributed by atoms with Crippen LogP contribution in [0.1, 0.15) is 303 Å². The summed E-state index contributed by atoms with van der Waals surface area (Å²) in [6, 6.07) is 0. The molecular formula is C67H116O6. The Kier molecular flexibility index (Phi) is 58.3. The summed E-state index contributed by atoms with van der Waals surface area (Å²) >= 11 is 0. The fourth-order valence-corrected chi connectivity index (χ4v) is 8.69. The van der Waals surface area contributed by atoms with E-state index < -0.39 is 6.10 Å². The Hall–Kier alpha value is -3.41. The molecule has 0 saturated heterocycles. The van der Waals surface area contributed by atoms with E-state index >= 15 is 0 Å². The Morgan fingerprint density at radius 2 is 0.534 bits per heavy atom. The first-order valence-corrected chi connectivity index (χ1v) is 31.1. The minimum atomic E-state index is -0.794. The van der Waals surface area contributed by atoms with Crippen LogP contribution in [0.3, 0.4) is 0 Å². The van der Waals surface area contributed by atoms with Crippen LogP contribution in [-0.4, -0.2) is 37.2 Å². The summed E-state index contributed by atoms with van der Waals surface area (Å²) in [5, 5.41) is 0. The van der Waals surface area contributed by atoms with Crippen molar-refractivity contribution in [1.29, 1.82) is 0 Å². The zero-order chi connectivity index (χ0) is 52.9. The first kappa shape index (κ1) is 69.6. The third-order valence-electron chi connectivity index (χ3n) is 13.4. The van der Waals surface area contributed by atoms with Gasteiger partial charge >= 0.3 is 17.9 Å². The maximum Gasteiger partial charge on any atom is 0.306 e. The predicted octanol–water partition coefficient (Wildman–Crippen LogP) is 21.1. The third-order valence-corrected chi connectivity index (χ3v) is 13.4. The molecule has 0 aliphatic heterocycles. The zero-order valence-corrected chi connectivity index (χ0v) is 48.1. The summed E-state index contributed by atoms with van der Waals surface area (Å²) in [6.45, 7) is 6.50. The monoisotopic (exact) mass is 1020 g/mol. The number of unbranched alkanes of at least 4 members (excludes halogenated alkanes) is 31. The number of allylic oxidation sites excluding steroid dienone is 14. The standard InChI is InChI=1S/C67H116O6/c1-4-7-10-13-16-19-22-25-27-29-30-31-32-33-34-35-36-38-39-42-45-48-51-54-57-60-66(69)72-63-64(62-71-65(68)59-56-53-50-47-44-41-24-21-18-15-12-9-6-3)73-67(70)61-58-55-52-49-46-43-40-37-28-26-23-20-17-14-11-8-5-2/h8,11,17,20-22,24-26,28-30,40,43,64H,4-7,9-10,12-16,18-19,23,27,31-39,41-42,44-63H2,1-3H3/b11-8-,20-17-,24-21-,25-22-,28-26-,30-29-,43-40-. The van der Waals surface area contributed by atoms with Crippen molar-refractivity contribution in [2.24, 2.45) is 0 Å². The lowest BCUT2D eigenvalue weighted by molar-refractivity contribution is -0.167. The van der Waals surface area contributed by atoms with Crippen molar-refractivity contribution in [3.8, 4) is 0 Å².